The van der Waals surface area contributed by atoms with Crippen molar-refractivity contribution in [3.05, 3.63) is 47.8 Å². The molecule has 0 unspecified atom stereocenters. The summed E-state index contributed by atoms with van der Waals surface area (Å²) in [6, 6.07) is 6.40. The normalized spacial score (nSPS) is 11.2. The van der Waals surface area contributed by atoms with Gasteiger partial charge in [0.1, 0.15) is 0 Å². The van der Waals surface area contributed by atoms with Crippen LogP contribution in [0.25, 0.3) is 0 Å². The van der Waals surface area contributed by atoms with Gasteiger partial charge in [0.05, 0.1) is 17.5 Å². The molecule has 1 aromatic heterocycles. The van der Waals surface area contributed by atoms with Crippen molar-refractivity contribution in [1.29, 1.82) is 0 Å². The quantitative estimate of drug-likeness (QED) is 0.753. The lowest BCUT2D eigenvalue weighted by Crippen LogP contribution is -2.14. The Balaban J connectivity index is 2.05. The number of benzene rings is 1. The van der Waals surface area contributed by atoms with Gasteiger partial charge in [-0.25, -0.2) is 13.6 Å². The second kappa shape index (κ2) is 5.21. The number of aromatic nitrogens is 2. The van der Waals surface area contributed by atoms with Crippen molar-refractivity contribution < 1.29 is 13.2 Å². The number of primary sulfonamides is 1. The van der Waals surface area contributed by atoms with E-state index in [0.29, 0.717) is 16.8 Å². The van der Waals surface area contributed by atoms with E-state index < -0.39 is 10.0 Å². The molecule has 0 saturated carbocycles. The number of sulfonamides is 1. The largest absolute Gasteiger partial charge is 0.322 e. The average Bonchev–Trinajstić information content (AvgIpc) is 2.83. The first-order valence-corrected chi connectivity index (χ1v) is 7.05. The fourth-order valence-corrected chi connectivity index (χ4v) is 2.15. The Morgan fingerprint density at radius 3 is 2.53 bits per heavy atom. The minimum atomic E-state index is -3.55. The standard InChI is InChI=1S/C11H12N4O3S/c12-19(17,18)7-8-1-3-10(4-2-8)15-11(16)9-5-13-14-6-9/h1-6H,7H2,(H,13,14)(H,15,16)(H2,12,17,18). The van der Waals surface area contributed by atoms with E-state index in [2.05, 4.69) is 15.5 Å². The fourth-order valence-electron chi connectivity index (χ4n) is 1.49. The molecular weight excluding hydrogens is 268 g/mol. The fraction of sp³-hybridized carbons (Fsp3) is 0.0909. The highest BCUT2D eigenvalue weighted by molar-refractivity contribution is 7.88. The summed E-state index contributed by atoms with van der Waals surface area (Å²) in [6.07, 6.45) is 2.88. The minimum absolute atomic E-state index is 0.233. The van der Waals surface area contributed by atoms with Crippen molar-refractivity contribution in [2.75, 3.05) is 5.32 Å². The predicted octanol–water partition coefficient (Wildman–Crippen LogP) is 0.450. The van der Waals surface area contributed by atoms with Crippen LogP contribution in [-0.2, 0) is 15.8 Å². The summed E-state index contributed by atoms with van der Waals surface area (Å²) in [5, 5.41) is 13.8. The summed E-state index contributed by atoms with van der Waals surface area (Å²) in [5.74, 6) is -0.531. The molecule has 2 aromatic rings. The molecule has 0 aliphatic rings. The Hall–Kier alpha value is -2.19. The van der Waals surface area contributed by atoms with E-state index in [1.165, 1.54) is 12.4 Å². The monoisotopic (exact) mass is 280 g/mol. The lowest BCUT2D eigenvalue weighted by atomic mass is 10.2. The van der Waals surface area contributed by atoms with Crippen molar-refractivity contribution >= 4 is 21.6 Å². The van der Waals surface area contributed by atoms with Crippen LogP contribution in [-0.4, -0.2) is 24.5 Å². The van der Waals surface area contributed by atoms with Crippen molar-refractivity contribution in [3.8, 4) is 0 Å². The van der Waals surface area contributed by atoms with Gasteiger partial charge in [-0.2, -0.15) is 5.10 Å². The molecule has 100 valence electrons. The van der Waals surface area contributed by atoms with Crippen LogP contribution >= 0.6 is 0 Å². The van der Waals surface area contributed by atoms with Crippen LogP contribution in [0.3, 0.4) is 0 Å². The molecule has 0 saturated heterocycles. The zero-order valence-corrected chi connectivity index (χ0v) is 10.6. The molecule has 7 nitrogen and oxygen atoms in total. The second-order valence-corrected chi connectivity index (χ2v) is 5.56. The van der Waals surface area contributed by atoms with Gasteiger partial charge in [0.2, 0.25) is 10.0 Å². The number of hydrogen-bond acceptors (Lipinski definition) is 4. The van der Waals surface area contributed by atoms with E-state index in [4.69, 9.17) is 5.14 Å². The maximum Gasteiger partial charge on any atom is 0.258 e. The lowest BCUT2D eigenvalue weighted by Gasteiger charge is -2.05. The maximum atomic E-state index is 11.7. The second-order valence-electron chi connectivity index (χ2n) is 3.95. The molecular formula is C11H12N4O3S. The number of aromatic amines is 1. The SMILES string of the molecule is NS(=O)(=O)Cc1ccc(NC(=O)c2cn[nH]c2)cc1. The molecule has 1 heterocycles. The number of carbonyl (C=O) groups excluding carboxylic acids is 1. The van der Waals surface area contributed by atoms with E-state index in [-0.39, 0.29) is 11.7 Å². The molecule has 0 bridgehead atoms. The minimum Gasteiger partial charge on any atom is -0.322 e. The van der Waals surface area contributed by atoms with E-state index in [9.17, 15) is 13.2 Å². The molecule has 8 heteroatoms. The number of anilines is 1. The summed E-state index contributed by atoms with van der Waals surface area (Å²) in [4.78, 5) is 11.7. The van der Waals surface area contributed by atoms with Gasteiger partial charge in [-0.1, -0.05) is 12.1 Å². The van der Waals surface area contributed by atoms with Gasteiger partial charge in [-0.05, 0) is 17.7 Å². The number of rotatable bonds is 4. The van der Waals surface area contributed by atoms with Gasteiger partial charge in [0.25, 0.3) is 5.91 Å². The Labute approximate surface area is 109 Å². The van der Waals surface area contributed by atoms with E-state index in [1.807, 2.05) is 0 Å². The van der Waals surface area contributed by atoms with Gasteiger partial charge in [0, 0.05) is 11.9 Å². The van der Waals surface area contributed by atoms with Crippen molar-refractivity contribution in [3.63, 3.8) is 0 Å². The average molecular weight is 280 g/mol. The Bertz CT molecular complexity index is 662. The highest BCUT2D eigenvalue weighted by Gasteiger charge is 2.08. The molecule has 1 aromatic carbocycles. The first kappa shape index (κ1) is 13.2. The van der Waals surface area contributed by atoms with E-state index in [0.717, 1.165) is 0 Å². The van der Waals surface area contributed by atoms with Gasteiger partial charge in [0.15, 0.2) is 0 Å². The van der Waals surface area contributed by atoms with Gasteiger partial charge >= 0.3 is 0 Å². The van der Waals surface area contributed by atoms with Gasteiger partial charge < -0.3 is 5.32 Å². The van der Waals surface area contributed by atoms with Crippen molar-refractivity contribution in [2.24, 2.45) is 5.14 Å². The van der Waals surface area contributed by atoms with Crippen LogP contribution in [0.1, 0.15) is 15.9 Å². The summed E-state index contributed by atoms with van der Waals surface area (Å²) in [6.45, 7) is 0. The number of nitrogens with one attached hydrogen (secondary N) is 2. The van der Waals surface area contributed by atoms with E-state index in [1.54, 1.807) is 24.3 Å². The molecule has 0 aliphatic heterocycles. The molecule has 19 heavy (non-hydrogen) atoms. The maximum absolute atomic E-state index is 11.7. The van der Waals surface area contributed by atoms with Crippen LogP contribution in [0.4, 0.5) is 5.69 Å². The third-order valence-electron chi connectivity index (χ3n) is 2.34. The predicted molar refractivity (Wildman–Crippen MR) is 69.8 cm³/mol. The van der Waals surface area contributed by atoms with Crippen LogP contribution < -0.4 is 10.5 Å². The Morgan fingerprint density at radius 2 is 2.00 bits per heavy atom. The molecule has 0 aliphatic carbocycles. The topological polar surface area (TPSA) is 118 Å². The number of nitrogens with zero attached hydrogens (tertiary/aromatic N) is 1. The summed E-state index contributed by atoms with van der Waals surface area (Å²) in [7, 11) is -3.55. The molecule has 0 fully saturated rings. The number of hydrogen-bond donors (Lipinski definition) is 3. The number of amides is 1. The zero-order valence-electron chi connectivity index (χ0n) is 9.83. The summed E-state index contributed by atoms with van der Waals surface area (Å²) >= 11 is 0. The first-order chi connectivity index (χ1) is 8.94. The molecule has 0 spiro atoms. The third-order valence-corrected chi connectivity index (χ3v) is 3.08. The summed E-state index contributed by atoms with van der Waals surface area (Å²) < 4.78 is 21.8. The van der Waals surface area contributed by atoms with Crippen LogP contribution in [0.2, 0.25) is 0 Å². The Morgan fingerprint density at radius 1 is 1.32 bits per heavy atom. The molecule has 4 N–H and O–H groups in total. The number of carbonyl (C=O) groups is 1. The van der Waals surface area contributed by atoms with Crippen molar-refractivity contribution in [1.82, 2.24) is 10.2 Å². The van der Waals surface area contributed by atoms with Gasteiger partial charge in [-0.3, -0.25) is 9.89 Å². The van der Waals surface area contributed by atoms with E-state index >= 15 is 0 Å². The smallest absolute Gasteiger partial charge is 0.258 e. The number of H-pyrrole nitrogens is 1. The van der Waals surface area contributed by atoms with Crippen LogP contribution in [0.5, 0.6) is 0 Å². The highest BCUT2D eigenvalue weighted by atomic mass is 32.2. The Kier molecular flexibility index (Phi) is 3.63. The first-order valence-electron chi connectivity index (χ1n) is 5.33. The van der Waals surface area contributed by atoms with Crippen LogP contribution in [0.15, 0.2) is 36.7 Å². The summed E-state index contributed by atoms with van der Waals surface area (Å²) in [5.41, 5.74) is 1.53. The third kappa shape index (κ3) is 3.90. The molecule has 2 rings (SSSR count). The van der Waals surface area contributed by atoms with Gasteiger partial charge in [-0.15, -0.1) is 0 Å². The molecule has 0 atom stereocenters. The van der Waals surface area contributed by atoms with Crippen LogP contribution in [0, 0.1) is 0 Å². The molecule has 1 amide bonds. The zero-order chi connectivity index (χ0) is 13.9. The molecule has 0 radical (unpaired) electrons. The van der Waals surface area contributed by atoms with Crippen molar-refractivity contribution in [2.45, 2.75) is 5.75 Å². The number of nitrogens with two attached hydrogens (primary N) is 1. The lowest BCUT2D eigenvalue weighted by molar-refractivity contribution is 0.102. The highest BCUT2D eigenvalue weighted by Crippen LogP contribution is 2.12.